The van der Waals surface area contributed by atoms with Crippen molar-refractivity contribution in [2.75, 3.05) is 5.32 Å². The minimum Gasteiger partial charge on any atom is -0.360 e. The lowest BCUT2D eigenvalue weighted by Gasteiger charge is -2.11. The number of carbonyl (C=O) groups excluding carboxylic acids is 1. The number of fused-ring (bicyclic) bond motifs is 2. The fourth-order valence-corrected chi connectivity index (χ4v) is 4.56. The molecule has 0 spiro atoms. The SMILES string of the molecule is Cc1cccc(-n2nc3c(c2NC(=O)c2c[nH]c4ccccc24)CSC3)c1. The van der Waals surface area contributed by atoms with Crippen molar-refractivity contribution in [3.63, 3.8) is 0 Å². The molecule has 0 aliphatic carbocycles. The van der Waals surface area contributed by atoms with Crippen molar-refractivity contribution < 1.29 is 4.79 Å². The average molecular weight is 374 g/mol. The fraction of sp³-hybridized carbons (Fsp3) is 0.143. The summed E-state index contributed by atoms with van der Waals surface area (Å²) in [4.78, 5) is 16.2. The summed E-state index contributed by atoms with van der Waals surface area (Å²) < 4.78 is 1.87. The Balaban J connectivity index is 1.58. The predicted molar refractivity (Wildman–Crippen MR) is 110 cm³/mol. The minimum atomic E-state index is -0.124. The van der Waals surface area contributed by atoms with Crippen molar-refractivity contribution >= 4 is 34.4 Å². The van der Waals surface area contributed by atoms with E-state index < -0.39 is 0 Å². The van der Waals surface area contributed by atoms with E-state index in [2.05, 4.69) is 29.4 Å². The highest BCUT2D eigenvalue weighted by Gasteiger charge is 2.25. The maximum absolute atomic E-state index is 13.1. The molecular formula is C21H18N4OS. The molecule has 134 valence electrons. The Morgan fingerprint density at radius 3 is 2.96 bits per heavy atom. The van der Waals surface area contributed by atoms with Gasteiger partial charge in [-0.1, -0.05) is 30.3 Å². The van der Waals surface area contributed by atoms with Gasteiger partial charge in [0.05, 0.1) is 16.9 Å². The number of nitrogens with zero attached hydrogens (tertiary/aromatic N) is 2. The number of carbonyl (C=O) groups is 1. The molecule has 0 bridgehead atoms. The van der Waals surface area contributed by atoms with Crippen LogP contribution in [-0.2, 0) is 11.5 Å². The third kappa shape index (κ3) is 2.73. The van der Waals surface area contributed by atoms with Crippen LogP contribution in [-0.4, -0.2) is 20.7 Å². The number of hydrogen-bond donors (Lipinski definition) is 2. The Morgan fingerprint density at radius 1 is 1.19 bits per heavy atom. The molecule has 3 heterocycles. The van der Waals surface area contributed by atoms with Gasteiger partial charge in [0.25, 0.3) is 5.91 Å². The number of aryl methyl sites for hydroxylation is 1. The summed E-state index contributed by atoms with van der Waals surface area (Å²) in [5, 5.41) is 8.82. The predicted octanol–water partition coefficient (Wildman–Crippen LogP) is 4.66. The molecule has 1 aliphatic heterocycles. The largest absolute Gasteiger partial charge is 0.360 e. The van der Waals surface area contributed by atoms with Crippen LogP contribution in [0.15, 0.2) is 54.7 Å². The fourth-order valence-electron chi connectivity index (χ4n) is 3.52. The first-order chi connectivity index (χ1) is 13.2. The lowest BCUT2D eigenvalue weighted by atomic mass is 10.1. The molecule has 2 aromatic carbocycles. The van der Waals surface area contributed by atoms with E-state index in [4.69, 9.17) is 5.10 Å². The number of hydrogen-bond acceptors (Lipinski definition) is 3. The number of para-hydroxylation sites is 1. The van der Waals surface area contributed by atoms with E-state index in [9.17, 15) is 4.79 Å². The second kappa shape index (κ2) is 6.32. The van der Waals surface area contributed by atoms with Crippen LogP contribution in [0.1, 0.15) is 27.2 Å². The van der Waals surface area contributed by atoms with Crippen LogP contribution >= 0.6 is 11.8 Å². The third-order valence-corrected chi connectivity index (χ3v) is 5.83. The summed E-state index contributed by atoms with van der Waals surface area (Å²) in [6, 6.07) is 16.0. The zero-order valence-electron chi connectivity index (χ0n) is 14.8. The second-order valence-corrected chi connectivity index (χ2v) is 7.71. The van der Waals surface area contributed by atoms with Crippen LogP contribution in [0.2, 0.25) is 0 Å². The number of aromatic nitrogens is 3. The van der Waals surface area contributed by atoms with Gasteiger partial charge in [-0.25, -0.2) is 4.68 Å². The average Bonchev–Trinajstić information content (AvgIpc) is 3.37. The first-order valence-corrected chi connectivity index (χ1v) is 9.99. The number of anilines is 1. The Kier molecular flexibility index (Phi) is 3.79. The molecule has 1 aliphatic rings. The van der Waals surface area contributed by atoms with E-state index in [-0.39, 0.29) is 5.91 Å². The minimum absolute atomic E-state index is 0.124. The molecule has 2 N–H and O–H groups in total. The Bertz CT molecular complexity index is 1170. The van der Waals surface area contributed by atoms with Gasteiger partial charge in [-0.15, -0.1) is 0 Å². The smallest absolute Gasteiger partial charge is 0.258 e. The van der Waals surface area contributed by atoms with Gasteiger partial charge in [-0.3, -0.25) is 4.79 Å². The van der Waals surface area contributed by atoms with Crippen LogP contribution in [0, 0.1) is 6.92 Å². The van der Waals surface area contributed by atoms with Crippen LogP contribution in [0.5, 0.6) is 0 Å². The molecule has 0 atom stereocenters. The monoisotopic (exact) mass is 374 g/mol. The normalized spacial score (nSPS) is 13.1. The molecule has 0 unspecified atom stereocenters. The highest BCUT2D eigenvalue weighted by atomic mass is 32.2. The summed E-state index contributed by atoms with van der Waals surface area (Å²) in [6.45, 7) is 2.06. The first-order valence-electron chi connectivity index (χ1n) is 8.84. The summed E-state index contributed by atoms with van der Waals surface area (Å²) in [5.41, 5.74) is 5.89. The Morgan fingerprint density at radius 2 is 2.07 bits per heavy atom. The van der Waals surface area contributed by atoms with E-state index in [0.717, 1.165) is 50.7 Å². The molecule has 5 nitrogen and oxygen atoms in total. The summed E-state index contributed by atoms with van der Waals surface area (Å²) in [5.74, 6) is 2.39. The third-order valence-electron chi connectivity index (χ3n) is 4.86. The highest BCUT2D eigenvalue weighted by Crippen LogP contribution is 2.36. The summed E-state index contributed by atoms with van der Waals surface area (Å²) >= 11 is 1.82. The number of H-pyrrole nitrogens is 1. The molecule has 5 rings (SSSR count). The van der Waals surface area contributed by atoms with Gasteiger partial charge in [0.15, 0.2) is 0 Å². The number of thioether (sulfide) groups is 1. The van der Waals surface area contributed by atoms with Gasteiger partial charge in [0, 0.05) is 34.2 Å². The molecular weight excluding hydrogens is 356 g/mol. The van der Waals surface area contributed by atoms with Gasteiger partial charge in [-0.2, -0.15) is 16.9 Å². The van der Waals surface area contributed by atoms with Crippen molar-refractivity contribution in [3.05, 3.63) is 77.1 Å². The maximum Gasteiger partial charge on any atom is 0.258 e. The topological polar surface area (TPSA) is 62.7 Å². The summed E-state index contributed by atoms with van der Waals surface area (Å²) in [7, 11) is 0. The van der Waals surface area contributed by atoms with Crippen molar-refractivity contribution in [3.8, 4) is 5.69 Å². The molecule has 0 fully saturated rings. The highest BCUT2D eigenvalue weighted by molar-refractivity contribution is 7.98. The maximum atomic E-state index is 13.1. The van der Waals surface area contributed by atoms with E-state index in [1.54, 1.807) is 6.20 Å². The van der Waals surface area contributed by atoms with Crippen molar-refractivity contribution in [2.45, 2.75) is 18.4 Å². The van der Waals surface area contributed by atoms with Crippen molar-refractivity contribution in [1.29, 1.82) is 0 Å². The molecule has 6 heteroatoms. The number of aromatic amines is 1. The van der Waals surface area contributed by atoms with E-state index in [1.807, 2.05) is 52.8 Å². The van der Waals surface area contributed by atoms with E-state index in [1.165, 1.54) is 0 Å². The molecule has 0 saturated heterocycles. The van der Waals surface area contributed by atoms with Crippen LogP contribution in [0.3, 0.4) is 0 Å². The van der Waals surface area contributed by atoms with Gasteiger partial charge >= 0.3 is 0 Å². The Hall–Kier alpha value is -2.99. The molecule has 2 aromatic heterocycles. The van der Waals surface area contributed by atoms with E-state index in [0.29, 0.717) is 5.56 Å². The Labute approximate surface area is 160 Å². The zero-order chi connectivity index (χ0) is 18.4. The molecule has 0 radical (unpaired) electrons. The second-order valence-electron chi connectivity index (χ2n) is 6.72. The lowest BCUT2D eigenvalue weighted by Crippen LogP contribution is -2.16. The van der Waals surface area contributed by atoms with Crippen molar-refractivity contribution in [1.82, 2.24) is 14.8 Å². The number of amides is 1. The molecule has 0 saturated carbocycles. The van der Waals surface area contributed by atoms with Crippen LogP contribution < -0.4 is 5.32 Å². The van der Waals surface area contributed by atoms with Gasteiger partial charge in [-0.05, 0) is 30.7 Å². The van der Waals surface area contributed by atoms with Gasteiger partial charge in [0.2, 0.25) is 0 Å². The lowest BCUT2D eigenvalue weighted by molar-refractivity contribution is 0.102. The first kappa shape index (κ1) is 16.2. The van der Waals surface area contributed by atoms with Crippen molar-refractivity contribution in [2.24, 2.45) is 0 Å². The van der Waals surface area contributed by atoms with Gasteiger partial charge < -0.3 is 10.3 Å². The molecule has 27 heavy (non-hydrogen) atoms. The quantitative estimate of drug-likeness (QED) is 0.548. The standard InChI is InChI=1S/C21H18N4OS/c1-13-5-4-6-14(9-13)25-20(17-11-27-12-19(17)24-25)23-21(26)16-10-22-18-8-3-2-7-15(16)18/h2-10,22H,11-12H2,1H3,(H,23,26). The van der Waals surface area contributed by atoms with Crippen LogP contribution in [0.25, 0.3) is 16.6 Å². The number of benzene rings is 2. The van der Waals surface area contributed by atoms with Gasteiger partial charge in [0.1, 0.15) is 5.82 Å². The summed E-state index contributed by atoms with van der Waals surface area (Å²) in [6.07, 6.45) is 1.77. The van der Waals surface area contributed by atoms with Crippen LogP contribution in [0.4, 0.5) is 5.82 Å². The molecule has 1 amide bonds. The number of nitrogens with one attached hydrogen (secondary N) is 2. The number of rotatable bonds is 3. The van der Waals surface area contributed by atoms with E-state index >= 15 is 0 Å². The zero-order valence-corrected chi connectivity index (χ0v) is 15.6. The molecule has 4 aromatic rings.